The summed E-state index contributed by atoms with van der Waals surface area (Å²) in [6.07, 6.45) is 2.34. The molecular formula is C22H33N3O2. The lowest BCUT2D eigenvalue weighted by atomic mass is 10.0. The van der Waals surface area contributed by atoms with Crippen molar-refractivity contribution in [1.82, 2.24) is 15.2 Å². The van der Waals surface area contributed by atoms with Gasteiger partial charge >= 0.3 is 0 Å². The third-order valence-electron chi connectivity index (χ3n) is 5.16. The molecule has 0 aliphatic carbocycles. The van der Waals surface area contributed by atoms with Crippen molar-refractivity contribution < 1.29 is 9.21 Å². The molecule has 0 unspecified atom stereocenters. The number of rotatable bonds is 9. The van der Waals surface area contributed by atoms with E-state index < -0.39 is 0 Å². The summed E-state index contributed by atoms with van der Waals surface area (Å²) >= 11 is 0. The van der Waals surface area contributed by atoms with E-state index in [-0.39, 0.29) is 11.9 Å². The second-order valence-electron chi connectivity index (χ2n) is 7.78. The number of nitrogens with one attached hydrogen (secondary N) is 1. The number of nitrogens with zero attached hydrogens (tertiary/aromatic N) is 2. The average Bonchev–Trinajstić information content (AvgIpc) is 3.10. The molecule has 0 aliphatic heterocycles. The summed E-state index contributed by atoms with van der Waals surface area (Å²) in [5, 5.41) is 2.92. The van der Waals surface area contributed by atoms with Crippen LogP contribution in [0.2, 0.25) is 0 Å². The van der Waals surface area contributed by atoms with E-state index in [9.17, 15) is 4.79 Å². The van der Waals surface area contributed by atoms with Gasteiger partial charge in [-0.15, -0.1) is 0 Å². The third kappa shape index (κ3) is 6.21. The van der Waals surface area contributed by atoms with E-state index in [2.05, 4.69) is 67.2 Å². The van der Waals surface area contributed by atoms with Crippen molar-refractivity contribution in [2.24, 2.45) is 5.92 Å². The van der Waals surface area contributed by atoms with Crippen molar-refractivity contribution in [2.45, 2.75) is 73.1 Å². The molecule has 0 saturated heterocycles. The van der Waals surface area contributed by atoms with Gasteiger partial charge in [0.05, 0.1) is 6.54 Å². The number of hydrogen-bond donors (Lipinski definition) is 1. The summed E-state index contributed by atoms with van der Waals surface area (Å²) in [7, 11) is 0. The van der Waals surface area contributed by atoms with E-state index in [1.807, 2.05) is 13.8 Å². The largest absolute Gasteiger partial charge is 0.447 e. The first kappa shape index (κ1) is 21.2. The Hall–Kier alpha value is -2.14. The van der Waals surface area contributed by atoms with Crippen LogP contribution in [-0.2, 0) is 13.1 Å². The van der Waals surface area contributed by atoms with Crippen LogP contribution in [0.1, 0.15) is 68.5 Å². The SMILES string of the molecule is CC[C@H](C)NC(=O)c1coc(CN(Cc2ccc(C)cc2)[C@H](C)C(C)C)n1. The number of carbonyl (C=O) groups is 1. The maximum atomic E-state index is 12.2. The Morgan fingerprint density at radius 3 is 2.41 bits per heavy atom. The van der Waals surface area contributed by atoms with Gasteiger partial charge in [0.2, 0.25) is 5.89 Å². The Labute approximate surface area is 163 Å². The number of carbonyl (C=O) groups excluding carboxylic acids is 1. The molecule has 1 aromatic heterocycles. The summed E-state index contributed by atoms with van der Waals surface area (Å²) in [6, 6.07) is 9.07. The maximum Gasteiger partial charge on any atom is 0.273 e. The lowest BCUT2D eigenvalue weighted by Crippen LogP contribution is -2.36. The Balaban J connectivity index is 2.11. The standard InChI is InChI=1S/C22H33N3O2/c1-7-17(5)23-22(26)20-14-27-21(24-20)13-25(18(6)15(2)3)12-19-10-8-16(4)9-11-19/h8-11,14-15,17-18H,7,12-13H2,1-6H3,(H,23,26)/t17-,18+/m0/s1. The molecule has 0 bridgehead atoms. The highest BCUT2D eigenvalue weighted by molar-refractivity contribution is 5.92. The Bertz CT molecular complexity index is 721. The van der Waals surface area contributed by atoms with Gasteiger partial charge in [0.25, 0.3) is 5.91 Å². The summed E-state index contributed by atoms with van der Waals surface area (Å²) in [4.78, 5) is 19.0. The zero-order chi connectivity index (χ0) is 20.0. The molecule has 0 aliphatic rings. The summed E-state index contributed by atoms with van der Waals surface area (Å²) < 4.78 is 5.60. The minimum Gasteiger partial charge on any atom is -0.447 e. The van der Waals surface area contributed by atoms with Gasteiger partial charge in [-0.3, -0.25) is 9.69 Å². The monoisotopic (exact) mass is 371 g/mol. The third-order valence-corrected chi connectivity index (χ3v) is 5.16. The molecule has 1 amide bonds. The van der Waals surface area contributed by atoms with E-state index in [1.165, 1.54) is 17.4 Å². The number of oxazole rings is 1. The molecule has 5 nitrogen and oxygen atoms in total. The quantitative estimate of drug-likeness (QED) is 0.702. The molecule has 1 heterocycles. The topological polar surface area (TPSA) is 58.4 Å². The molecule has 27 heavy (non-hydrogen) atoms. The van der Waals surface area contributed by atoms with Gasteiger partial charge in [-0.1, -0.05) is 50.6 Å². The van der Waals surface area contributed by atoms with E-state index in [0.717, 1.165) is 13.0 Å². The van der Waals surface area contributed by atoms with Gasteiger partial charge < -0.3 is 9.73 Å². The van der Waals surface area contributed by atoms with Crippen LogP contribution >= 0.6 is 0 Å². The minimum atomic E-state index is -0.179. The molecule has 1 N–H and O–H groups in total. The van der Waals surface area contributed by atoms with E-state index >= 15 is 0 Å². The van der Waals surface area contributed by atoms with Crippen LogP contribution in [-0.4, -0.2) is 27.9 Å². The number of aromatic nitrogens is 1. The van der Waals surface area contributed by atoms with Crippen LogP contribution in [0.5, 0.6) is 0 Å². The highest BCUT2D eigenvalue weighted by Gasteiger charge is 2.21. The van der Waals surface area contributed by atoms with Crippen LogP contribution in [0.25, 0.3) is 0 Å². The van der Waals surface area contributed by atoms with Crippen molar-refractivity contribution in [3.63, 3.8) is 0 Å². The highest BCUT2D eigenvalue weighted by atomic mass is 16.3. The van der Waals surface area contributed by atoms with Crippen LogP contribution in [0.15, 0.2) is 34.9 Å². The zero-order valence-corrected chi connectivity index (χ0v) is 17.5. The summed E-state index contributed by atoms with van der Waals surface area (Å²) in [5.41, 5.74) is 2.86. The van der Waals surface area contributed by atoms with Gasteiger partial charge in [0.15, 0.2) is 5.69 Å². The van der Waals surface area contributed by atoms with Gasteiger partial charge in [0, 0.05) is 18.6 Å². The smallest absolute Gasteiger partial charge is 0.273 e. The number of aryl methyl sites for hydroxylation is 1. The van der Waals surface area contributed by atoms with Gasteiger partial charge in [-0.2, -0.15) is 0 Å². The molecule has 1 aromatic carbocycles. The number of benzene rings is 1. The fraction of sp³-hybridized carbons (Fsp3) is 0.545. The highest BCUT2D eigenvalue weighted by Crippen LogP contribution is 2.18. The Morgan fingerprint density at radius 2 is 1.81 bits per heavy atom. The van der Waals surface area contributed by atoms with Crippen molar-refractivity contribution in [1.29, 1.82) is 0 Å². The van der Waals surface area contributed by atoms with Crippen molar-refractivity contribution in [3.8, 4) is 0 Å². The second kappa shape index (κ2) is 9.70. The van der Waals surface area contributed by atoms with Crippen LogP contribution in [0.4, 0.5) is 0 Å². The van der Waals surface area contributed by atoms with Crippen LogP contribution in [0.3, 0.4) is 0 Å². The molecular weight excluding hydrogens is 338 g/mol. The summed E-state index contributed by atoms with van der Waals surface area (Å²) in [5.74, 6) is 0.892. The summed E-state index contributed by atoms with van der Waals surface area (Å²) in [6.45, 7) is 14.2. The molecule has 0 saturated carbocycles. The predicted octanol–water partition coefficient (Wildman–Crippen LogP) is 4.56. The molecule has 2 atom stereocenters. The van der Waals surface area contributed by atoms with Gasteiger partial charge in [-0.25, -0.2) is 4.98 Å². The van der Waals surface area contributed by atoms with Crippen molar-refractivity contribution in [3.05, 3.63) is 53.2 Å². The predicted molar refractivity (Wildman–Crippen MR) is 108 cm³/mol. The fourth-order valence-electron chi connectivity index (χ4n) is 2.75. The van der Waals surface area contributed by atoms with Gasteiger partial charge in [-0.05, 0) is 38.7 Å². The fourth-order valence-corrected chi connectivity index (χ4v) is 2.75. The number of amides is 1. The Morgan fingerprint density at radius 1 is 1.15 bits per heavy atom. The first-order valence-electron chi connectivity index (χ1n) is 9.85. The van der Waals surface area contributed by atoms with E-state index in [0.29, 0.717) is 30.1 Å². The zero-order valence-electron chi connectivity index (χ0n) is 17.5. The van der Waals surface area contributed by atoms with Crippen molar-refractivity contribution in [2.75, 3.05) is 0 Å². The van der Waals surface area contributed by atoms with E-state index in [1.54, 1.807) is 0 Å². The molecule has 0 radical (unpaired) electrons. The molecule has 2 rings (SSSR count). The molecule has 2 aromatic rings. The van der Waals surface area contributed by atoms with Crippen molar-refractivity contribution >= 4 is 5.91 Å². The van der Waals surface area contributed by atoms with Gasteiger partial charge in [0.1, 0.15) is 6.26 Å². The molecule has 5 heteroatoms. The Kier molecular flexibility index (Phi) is 7.60. The van der Waals surface area contributed by atoms with E-state index in [4.69, 9.17) is 4.42 Å². The maximum absolute atomic E-state index is 12.2. The first-order valence-corrected chi connectivity index (χ1v) is 9.85. The molecule has 148 valence electrons. The lowest BCUT2D eigenvalue weighted by molar-refractivity contribution is 0.0934. The number of hydrogen-bond acceptors (Lipinski definition) is 4. The average molecular weight is 372 g/mol. The second-order valence-corrected chi connectivity index (χ2v) is 7.78. The first-order chi connectivity index (χ1) is 12.8. The molecule has 0 spiro atoms. The normalized spacial score (nSPS) is 13.8. The van der Waals surface area contributed by atoms with Crippen LogP contribution in [0, 0.1) is 12.8 Å². The minimum absolute atomic E-state index is 0.122. The lowest BCUT2D eigenvalue weighted by Gasteiger charge is -2.30. The molecule has 0 fully saturated rings. The van der Waals surface area contributed by atoms with Crippen LogP contribution < -0.4 is 5.32 Å².